The van der Waals surface area contributed by atoms with Gasteiger partial charge >= 0.3 is 5.97 Å². The van der Waals surface area contributed by atoms with E-state index in [0.717, 1.165) is 24.5 Å². The number of hydrogen-bond donors (Lipinski definition) is 0. The normalized spacial score (nSPS) is 13.1. The van der Waals surface area contributed by atoms with Gasteiger partial charge < -0.3 is 9.64 Å². The Morgan fingerprint density at radius 2 is 1.81 bits per heavy atom. The van der Waals surface area contributed by atoms with Gasteiger partial charge in [-0.3, -0.25) is 14.9 Å². The molecule has 0 heterocycles. The second kappa shape index (κ2) is 7.35. The molecule has 2 aromatic rings. The first-order valence-corrected chi connectivity index (χ1v) is 8.22. The summed E-state index contributed by atoms with van der Waals surface area (Å²) in [6.45, 7) is 0.417. The number of carbonyl (C=O) groups is 2. The molecule has 0 saturated heterocycles. The van der Waals surface area contributed by atoms with Crippen LogP contribution >= 0.6 is 0 Å². The highest BCUT2D eigenvalue weighted by molar-refractivity contribution is 5.99. The lowest BCUT2D eigenvalue weighted by molar-refractivity contribution is -0.384. The summed E-state index contributed by atoms with van der Waals surface area (Å²) >= 11 is 0. The molecule has 1 saturated carbocycles. The van der Waals surface area contributed by atoms with Crippen molar-refractivity contribution in [3.8, 4) is 0 Å². The molecule has 3 rings (SSSR count). The Morgan fingerprint density at radius 1 is 1.15 bits per heavy atom. The summed E-state index contributed by atoms with van der Waals surface area (Å²) < 4.78 is 4.64. The number of nitro groups is 1. The molecule has 1 aliphatic carbocycles. The minimum Gasteiger partial charge on any atom is -0.465 e. The van der Waals surface area contributed by atoms with Gasteiger partial charge in [0, 0.05) is 30.3 Å². The van der Waals surface area contributed by atoms with Crippen molar-refractivity contribution >= 4 is 17.6 Å². The smallest absolute Gasteiger partial charge is 0.338 e. The number of benzene rings is 2. The van der Waals surface area contributed by atoms with Gasteiger partial charge in [0.15, 0.2) is 0 Å². The van der Waals surface area contributed by atoms with E-state index >= 15 is 0 Å². The number of methoxy groups -OCH3 is 1. The van der Waals surface area contributed by atoms with E-state index in [-0.39, 0.29) is 28.8 Å². The average Bonchev–Trinajstić information content (AvgIpc) is 3.50. The maximum absolute atomic E-state index is 13.0. The number of rotatable bonds is 6. The quantitative estimate of drug-likeness (QED) is 0.451. The summed E-state index contributed by atoms with van der Waals surface area (Å²) in [5.74, 6) is -1.05. The number of amides is 1. The van der Waals surface area contributed by atoms with Crippen molar-refractivity contribution in [3.05, 3.63) is 75.3 Å². The molecule has 1 fully saturated rings. The standard InChI is InChI=1S/C19H18N2O5/c1-26-19(23)15-9-14(10-17(11-15)21(24)25)18(22)20(16-7-8-16)12-13-5-3-2-4-6-13/h2-6,9-11,16H,7-8,12H2,1H3. The highest BCUT2D eigenvalue weighted by atomic mass is 16.6. The van der Waals surface area contributed by atoms with Crippen LogP contribution in [0.25, 0.3) is 0 Å². The highest BCUT2D eigenvalue weighted by Gasteiger charge is 2.34. The maximum Gasteiger partial charge on any atom is 0.338 e. The molecule has 1 amide bonds. The van der Waals surface area contributed by atoms with Gasteiger partial charge in [0.25, 0.3) is 11.6 Å². The Balaban J connectivity index is 1.94. The Labute approximate surface area is 150 Å². The second-order valence-electron chi connectivity index (χ2n) is 6.17. The molecule has 26 heavy (non-hydrogen) atoms. The second-order valence-corrected chi connectivity index (χ2v) is 6.17. The maximum atomic E-state index is 13.0. The van der Waals surface area contributed by atoms with Crippen LogP contribution in [0.1, 0.15) is 39.1 Å². The van der Waals surface area contributed by atoms with Gasteiger partial charge in [-0.2, -0.15) is 0 Å². The molecule has 7 heteroatoms. The van der Waals surface area contributed by atoms with Crippen molar-refractivity contribution in [2.75, 3.05) is 7.11 Å². The van der Waals surface area contributed by atoms with Gasteiger partial charge in [-0.25, -0.2) is 4.79 Å². The van der Waals surface area contributed by atoms with Crippen LogP contribution in [-0.2, 0) is 11.3 Å². The minimum atomic E-state index is -0.719. The van der Waals surface area contributed by atoms with Gasteiger partial charge in [0.05, 0.1) is 17.6 Å². The zero-order chi connectivity index (χ0) is 18.7. The fourth-order valence-corrected chi connectivity index (χ4v) is 2.77. The largest absolute Gasteiger partial charge is 0.465 e. The van der Waals surface area contributed by atoms with E-state index in [1.165, 1.54) is 19.2 Å². The molecule has 0 atom stereocenters. The summed E-state index contributed by atoms with van der Waals surface area (Å²) in [5, 5.41) is 11.2. The van der Waals surface area contributed by atoms with E-state index in [0.29, 0.717) is 6.54 Å². The van der Waals surface area contributed by atoms with Crippen LogP contribution in [-0.4, -0.2) is 34.9 Å². The number of nitro benzene ring substituents is 1. The van der Waals surface area contributed by atoms with Crippen LogP contribution in [0.4, 0.5) is 5.69 Å². The summed E-state index contributed by atoms with van der Waals surface area (Å²) in [6.07, 6.45) is 1.80. The predicted molar refractivity (Wildman–Crippen MR) is 93.8 cm³/mol. The highest BCUT2D eigenvalue weighted by Crippen LogP contribution is 2.31. The molecule has 1 aliphatic rings. The van der Waals surface area contributed by atoms with Crippen LogP contribution in [0, 0.1) is 10.1 Å². The zero-order valence-corrected chi connectivity index (χ0v) is 14.3. The molecule has 0 bridgehead atoms. The van der Waals surface area contributed by atoms with Crippen molar-refractivity contribution < 1.29 is 19.2 Å². The van der Waals surface area contributed by atoms with Crippen LogP contribution in [0.2, 0.25) is 0 Å². The fraction of sp³-hybridized carbons (Fsp3) is 0.263. The molecule has 0 aliphatic heterocycles. The number of hydrogen-bond acceptors (Lipinski definition) is 5. The Bertz CT molecular complexity index is 846. The Morgan fingerprint density at radius 3 is 2.38 bits per heavy atom. The van der Waals surface area contributed by atoms with Crippen LogP contribution in [0.5, 0.6) is 0 Å². The van der Waals surface area contributed by atoms with Gasteiger partial charge in [-0.15, -0.1) is 0 Å². The van der Waals surface area contributed by atoms with Crippen molar-refractivity contribution in [2.45, 2.75) is 25.4 Å². The topological polar surface area (TPSA) is 89.8 Å². The lowest BCUT2D eigenvalue weighted by Crippen LogP contribution is -2.32. The minimum absolute atomic E-state index is 0.0134. The summed E-state index contributed by atoms with van der Waals surface area (Å²) in [4.78, 5) is 37.1. The van der Waals surface area contributed by atoms with E-state index in [1.54, 1.807) is 4.90 Å². The first-order valence-electron chi connectivity index (χ1n) is 8.22. The van der Waals surface area contributed by atoms with E-state index in [9.17, 15) is 19.7 Å². The summed E-state index contributed by atoms with van der Waals surface area (Å²) in [7, 11) is 1.19. The number of esters is 1. The van der Waals surface area contributed by atoms with Crippen LogP contribution < -0.4 is 0 Å². The first kappa shape index (κ1) is 17.6. The van der Waals surface area contributed by atoms with Crippen molar-refractivity contribution in [2.24, 2.45) is 0 Å². The zero-order valence-electron chi connectivity index (χ0n) is 14.3. The number of carbonyl (C=O) groups excluding carboxylic acids is 2. The molecule has 0 unspecified atom stereocenters. The van der Waals surface area contributed by atoms with Gasteiger partial charge in [-0.05, 0) is 24.5 Å². The number of ether oxygens (including phenoxy) is 1. The molecule has 0 radical (unpaired) electrons. The lowest BCUT2D eigenvalue weighted by atomic mass is 10.1. The van der Waals surface area contributed by atoms with E-state index < -0.39 is 10.9 Å². The fourth-order valence-electron chi connectivity index (χ4n) is 2.77. The third-order valence-electron chi connectivity index (χ3n) is 4.24. The molecule has 7 nitrogen and oxygen atoms in total. The third kappa shape index (κ3) is 3.88. The average molecular weight is 354 g/mol. The van der Waals surface area contributed by atoms with Crippen molar-refractivity contribution in [1.29, 1.82) is 0 Å². The van der Waals surface area contributed by atoms with Crippen molar-refractivity contribution in [3.63, 3.8) is 0 Å². The predicted octanol–water partition coefficient (Wildman–Crippen LogP) is 3.19. The van der Waals surface area contributed by atoms with E-state index in [1.807, 2.05) is 30.3 Å². The summed E-state index contributed by atoms with van der Waals surface area (Å²) in [5.41, 5.74) is 0.765. The molecule has 0 aromatic heterocycles. The van der Waals surface area contributed by atoms with E-state index in [4.69, 9.17) is 0 Å². The van der Waals surface area contributed by atoms with Crippen LogP contribution in [0.3, 0.4) is 0 Å². The molecule has 0 N–H and O–H groups in total. The van der Waals surface area contributed by atoms with Gasteiger partial charge in [0.2, 0.25) is 0 Å². The summed E-state index contributed by atoms with van der Waals surface area (Å²) in [6, 6.07) is 13.3. The number of nitrogens with zero attached hydrogens (tertiary/aromatic N) is 2. The van der Waals surface area contributed by atoms with Gasteiger partial charge in [-0.1, -0.05) is 30.3 Å². The van der Waals surface area contributed by atoms with E-state index in [2.05, 4.69) is 4.74 Å². The molecular weight excluding hydrogens is 336 g/mol. The van der Waals surface area contributed by atoms with Crippen molar-refractivity contribution in [1.82, 2.24) is 4.90 Å². The Hall–Kier alpha value is -3.22. The number of non-ortho nitro benzene ring substituents is 1. The molecular formula is C19H18N2O5. The molecule has 134 valence electrons. The van der Waals surface area contributed by atoms with Gasteiger partial charge in [0.1, 0.15) is 0 Å². The SMILES string of the molecule is COC(=O)c1cc(C(=O)N(Cc2ccccc2)C2CC2)cc([N+](=O)[O-])c1. The van der Waals surface area contributed by atoms with Crippen LogP contribution in [0.15, 0.2) is 48.5 Å². The lowest BCUT2D eigenvalue weighted by Gasteiger charge is -2.23. The molecule has 0 spiro atoms. The first-order chi connectivity index (χ1) is 12.5. The Kier molecular flexibility index (Phi) is 4.97. The monoisotopic (exact) mass is 354 g/mol. The third-order valence-corrected chi connectivity index (χ3v) is 4.24. The molecule has 2 aromatic carbocycles.